The second-order valence-electron chi connectivity index (χ2n) is 6.08. The fraction of sp³-hybridized carbons (Fsp3) is 0.368. The van der Waals surface area contributed by atoms with Crippen molar-refractivity contribution >= 4 is 94.0 Å². The van der Waals surface area contributed by atoms with E-state index < -0.39 is 45.5 Å². The molecule has 0 aliphatic heterocycles. The van der Waals surface area contributed by atoms with Crippen LogP contribution in [-0.2, 0) is 31.2 Å². The number of hydrogen-bond donors (Lipinski definition) is 0. The molecule has 0 N–H and O–H groups in total. The van der Waals surface area contributed by atoms with Crippen LogP contribution in [0.5, 0.6) is 0 Å². The van der Waals surface area contributed by atoms with Crippen molar-refractivity contribution < 1.29 is 69.1 Å². The number of alkyl halides is 9. The largest absolute Gasteiger partial charge is 1.00 e. The maximum absolute atomic E-state index is 12.1. The van der Waals surface area contributed by atoms with Crippen LogP contribution in [0.15, 0.2) is 18.6 Å². The Balaban J connectivity index is -0.000000234. The molecule has 3 aromatic heterocycles. The first kappa shape index (κ1) is 48.2. The van der Waals surface area contributed by atoms with Crippen LogP contribution in [-0.4, -0.2) is 36.2 Å². The third-order valence-corrected chi connectivity index (χ3v) is 4.94. The number of rotatable bonds is 0. The fourth-order valence-electron chi connectivity index (χ4n) is 1.80. The van der Waals surface area contributed by atoms with Gasteiger partial charge in [0, 0.05) is 18.6 Å². The van der Waals surface area contributed by atoms with Crippen molar-refractivity contribution in [2.75, 3.05) is 6.26 Å². The van der Waals surface area contributed by atoms with Crippen LogP contribution < -0.4 is 29.6 Å². The van der Waals surface area contributed by atoms with Gasteiger partial charge < -0.3 is 12.6 Å². The molecule has 3 rings (SSSR count). The molecule has 0 aliphatic carbocycles. The van der Waals surface area contributed by atoms with E-state index in [0.29, 0.717) is 18.2 Å². The van der Waals surface area contributed by atoms with Crippen molar-refractivity contribution in [3.63, 3.8) is 0 Å². The molecule has 0 bridgehead atoms. The summed E-state index contributed by atoms with van der Waals surface area (Å²) < 4.78 is 108. The first-order chi connectivity index (χ1) is 17.2. The molecule has 3 aromatic rings. The van der Waals surface area contributed by atoms with E-state index in [2.05, 4.69) is 42.5 Å². The van der Waals surface area contributed by atoms with Crippen LogP contribution in [0, 0.1) is 17.5 Å². The fourth-order valence-corrected chi connectivity index (χ4v) is 3.28. The van der Waals surface area contributed by atoms with Crippen molar-refractivity contribution in [3.05, 3.63) is 66.2 Å². The monoisotopic (exact) mass is 914 g/mol. The molecule has 0 aliphatic rings. The van der Waals surface area contributed by atoms with E-state index in [0.717, 1.165) is 6.20 Å². The van der Waals surface area contributed by atoms with E-state index in [-0.39, 0.29) is 75.8 Å². The van der Waals surface area contributed by atoms with Crippen LogP contribution in [0.25, 0.3) is 0 Å². The third-order valence-electron chi connectivity index (χ3n) is 3.35. The van der Waals surface area contributed by atoms with E-state index in [4.69, 9.17) is 34.8 Å². The molecule has 0 saturated carbocycles. The standard InChI is InChI=1S/C6H4ClF3N2.C6H4F3IN2.C5HCl2F3N2.CH4S.CH4.HI.Na/c1-3-11-2-4(5(7)12-3)6(8,9)10;1-3-11-2-4(5(10)12-3)6(7,8)9;6-3-2(5(8,9)10)1-11-4(7)12-3;1-2;;;/h2*2H,1H3;1H;2H,1H3;1H4;1H;/q;;;;;;+1/p-1. The molecule has 0 saturated heterocycles. The Morgan fingerprint density at radius 2 is 0.951 bits per heavy atom. The minimum atomic E-state index is -4.54. The van der Waals surface area contributed by atoms with Gasteiger partial charge in [0.2, 0.25) is 5.28 Å². The minimum Gasteiger partial charge on any atom is -0.796 e. The Hall–Kier alpha value is 0.290. The normalized spacial score (nSPS) is 10.5. The topological polar surface area (TPSA) is 77.3 Å². The summed E-state index contributed by atoms with van der Waals surface area (Å²) in [4.78, 5) is 20.1. The van der Waals surface area contributed by atoms with E-state index in [1.165, 1.54) is 6.92 Å². The molecule has 228 valence electrons. The molecule has 3 heterocycles. The molecule has 0 amide bonds. The van der Waals surface area contributed by atoms with Crippen LogP contribution in [0.2, 0.25) is 15.6 Å². The Kier molecular flexibility index (Phi) is 24.8. The molecule has 22 heteroatoms. The van der Waals surface area contributed by atoms with Gasteiger partial charge in [-0.3, -0.25) is 0 Å². The number of aryl methyl sites for hydroxylation is 2. The van der Waals surface area contributed by atoms with E-state index in [9.17, 15) is 39.5 Å². The number of nitrogens with zero attached hydrogens (tertiary/aromatic N) is 6. The van der Waals surface area contributed by atoms with Gasteiger partial charge in [-0.1, -0.05) is 30.6 Å². The third kappa shape index (κ3) is 18.0. The number of halogens is 14. The summed E-state index contributed by atoms with van der Waals surface area (Å²) in [5.41, 5.74) is -2.88. The average Bonchev–Trinajstić information content (AvgIpc) is 2.73. The maximum Gasteiger partial charge on any atom is 1.00 e. The summed E-state index contributed by atoms with van der Waals surface area (Å²) in [6, 6.07) is 0. The quantitative estimate of drug-likeness (QED) is 0.0676. The molecule has 0 spiro atoms. The zero-order chi connectivity index (χ0) is 30.1. The Labute approximate surface area is 302 Å². The summed E-state index contributed by atoms with van der Waals surface area (Å²) in [5, 5.41) is -1.56. The van der Waals surface area contributed by atoms with E-state index in [1.54, 1.807) is 35.8 Å². The molecule has 0 fully saturated rings. The van der Waals surface area contributed by atoms with Gasteiger partial charge in [0.15, 0.2) is 0 Å². The van der Waals surface area contributed by atoms with E-state index >= 15 is 0 Å². The Bertz CT molecular complexity index is 1060. The van der Waals surface area contributed by atoms with Gasteiger partial charge in [0.05, 0.1) is 0 Å². The predicted octanol–water partition coefficient (Wildman–Crippen LogP) is 6.09. The first-order valence-electron chi connectivity index (χ1n) is 9.02. The summed E-state index contributed by atoms with van der Waals surface area (Å²) in [6.07, 6.45) is -9.79. The van der Waals surface area contributed by atoms with Crippen LogP contribution in [0.4, 0.5) is 39.5 Å². The van der Waals surface area contributed by atoms with Crippen molar-refractivity contribution in [3.8, 4) is 0 Å². The van der Waals surface area contributed by atoms with Crippen molar-refractivity contribution in [1.29, 1.82) is 0 Å². The minimum absolute atomic E-state index is 0. The Morgan fingerprint density at radius 3 is 1.27 bits per heavy atom. The molecule has 0 aromatic carbocycles. The molecular formula is C19H17Cl3F9I2N6NaS. The van der Waals surface area contributed by atoms with Gasteiger partial charge in [-0.2, -0.15) is 45.8 Å². The van der Waals surface area contributed by atoms with Crippen LogP contribution in [0.1, 0.15) is 35.8 Å². The van der Waals surface area contributed by atoms with Gasteiger partial charge in [0.1, 0.15) is 42.3 Å². The van der Waals surface area contributed by atoms with E-state index in [1.807, 2.05) is 0 Å². The zero-order valence-electron chi connectivity index (χ0n) is 20.1. The molecule has 0 unspecified atom stereocenters. The van der Waals surface area contributed by atoms with Crippen molar-refractivity contribution in [2.45, 2.75) is 39.8 Å². The number of aromatic nitrogens is 6. The van der Waals surface area contributed by atoms with Crippen molar-refractivity contribution in [1.82, 2.24) is 29.9 Å². The summed E-state index contributed by atoms with van der Waals surface area (Å²) in [7, 11) is 0. The number of hydrogen-bond acceptors (Lipinski definition) is 7. The first-order valence-corrected chi connectivity index (χ1v) is 12.0. The van der Waals surface area contributed by atoms with Gasteiger partial charge in [0.25, 0.3) is 0 Å². The smallest absolute Gasteiger partial charge is 0.796 e. The molecular weight excluding hydrogens is 898 g/mol. The van der Waals surface area contributed by atoms with Crippen LogP contribution in [0.3, 0.4) is 0 Å². The van der Waals surface area contributed by atoms with Gasteiger partial charge in [-0.15, -0.1) is 24.0 Å². The second-order valence-corrected chi connectivity index (χ2v) is 8.16. The van der Waals surface area contributed by atoms with Gasteiger partial charge in [-0.25, -0.2) is 29.9 Å². The zero-order valence-corrected chi connectivity index (χ0v) is 29.7. The molecule has 0 radical (unpaired) electrons. The predicted molar refractivity (Wildman–Crippen MR) is 154 cm³/mol. The average molecular weight is 916 g/mol. The maximum atomic E-state index is 12.1. The van der Waals surface area contributed by atoms with Crippen molar-refractivity contribution in [2.24, 2.45) is 0 Å². The van der Waals surface area contributed by atoms with Gasteiger partial charge in [-0.05, 0) is 48.0 Å². The summed E-state index contributed by atoms with van der Waals surface area (Å²) >= 11 is 21.2. The summed E-state index contributed by atoms with van der Waals surface area (Å²) in [5.74, 6) is 0.556. The molecule has 41 heavy (non-hydrogen) atoms. The molecule has 6 nitrogen and oxygen atoms in total. The van der Waals surface area contributed by atoms with Gasteiger partial charge >= 0.3 is 48.1 Å². The van der Waals surface area contributed by atoms with Crippen LogP contribution >= 0.6 is 81.4 Å². The summed E-state index contributed by atoms with van der Waals surface area (Å²) in [6.45, 7) is 3.01. The Morgan fingerprint density at radius 1 is 0.634 bits per heavy atom. The molecule has 0 atom stereocenters. The second kappa shape index (κ2) is 21.1. The SMILES string of the molecule is C.C[S-].Cc1ncc(C(F)(F)F)c(Cl)n1.Cc1ncc(C(F)(F)F)c(I)n1.FC(F)(F)c1cnc(Cl)nc1Cl.I.[Na+].